The molecule has 0 unspecified atom stereocenters. The molecule has 1 rings (SSSR count). The van der Waals surface area contributed by atoms with Crippen LogP contribution in [0.15, 0.2) is 24.3 Å². The topological polar surface area (TPSA) is 20.2 Å². The molecule has 0 radical (unpaired) electrons. The summed E-state index contributed by atoms with van der Waals surface area (Å²) in [5.74, 6) is 0.341. The lowest BCUT2D eigenvalue weighted by molar-refractivity contribution is 0.470. The molecule has 1 nitrogen and oxygen atoms in total. The first-order chi connectivity index (χ1) is 5.74. The van der Waals surface area contributed by atoms with Crippen LogP contribution in [0.25, 0.3) is 0 Å². The molecule has 0 aliphatic heterocycles. The summed E-state index contributed by atoms with van der Waals surface area (Å²) in [6.07, 6.45) is 1.60. The minimum atomic E-state index is 0.341. The van der Waals surface area contributed by atoms with Crippen molar-refractivity contribution in [3.05, 3.63) is 29.8 Å². The van der Waals surface area contributed by atoms with Crippen LogP contribution in [0.1, 0.15) is 18.9 Å². The van der Waals surface area contributed by atoms with Gasteiger partial charge in [-0.3, -0.25) is 0 Å². The lowest BCUT2D eigenvalue weighted by Crippen LogP contribution is -1.97. The number of phenols is 1. The number of para-hydroxylation sites is 1. The van der Waals surface area contributed by atoms with Gasteiger partial charge in [-0.15, -0.1) is 0 Å². The van der Waals surface area contributed by atoms with E-state index in [0.717, 1.165) is 16.8 Å². The van der Waals surface area contributed by atoms with Gasteiger partial charge in [0.25, 0.3) is 0 Å². The summed E-state index contributed by atoms with van der Waals surface area (Å²) in [6, 6.07) is 7.31. The second-order valence-corrected chi connectivity index (χ2v) is 3.28. The Morgan fingerprint density at radius 3 is 2.67 bits per heavy atom. The Balaban J connectivity index is 2.75. The Morgan fingerprint density at radius 2 is 2.08 bits per heavy atom. The molecular formula is C10H12OS. The number of hydrogen-bond donors (Lipinski definition) is 1. The monoisotopic (exact) mass is 180 g/mol. The van der Waals surface area contributed by atoms with Gasteiger partial charge in [0.1, 0.15) is 5.75 Å². The Bertz CT molecular complexity index is 281. The normalized spacial score (nSPS) is 9.75. The number of aromatic hydroxyl groups is 1. The molecule has 12 heavy (non-hydrogen) atoms. The van der Waals surface area contributed by atoms with Crippen LogP contribution < -0.4 is 0 Å². The number of hydrogen-bond acceptors (Lipinski definition) is 2. The molecule has 1 aromatic carbocycles. The van der Waals surface area contributed by atoms with Gasteiger partial charge in [-0.1, -0.05) is 37.3 Å². The summed E-state index contributed by atoms with van der Waals surface area (Å²) in [7, 11) is 0. The van der Waals surface area contributed by atoms with E-state index in [1.54, 1.807) is 6.07 Å². The quantitative estimate of drug-likeness (QED) is 0.722. The third kappa shape index (κ3) is 2.31. The fourth-order valence-electron chi connectivity index (χ4n) is 0.998. The highest BCUT2D eigenvalue weighted by Crippen LogP contribution is 2.16. The van der Waals surface area contributed by atoms with Crippen LogP contribution in [0.2, 0.25) is 0 Å². The van der Waals surface area contributed by atoms with Crippen molar-refractivity contribution in [1.29, 1.82) is 0 Å². The molecule has 0 spiro atoms. The van der Waals surface area contributed by atoms with Crippen LogP contribution in [-0.4, -0.2) is 9.97 Å². The predicted molar refractivity (Wildman–Crippen MR) is 54.7 cm³/mol. The zero-order chi connectivity index (χ0) is 8.97. The van der Waals surface area contributed by atoms with E-state index in [9.17, 15) is 5.11 Å². The van der Waals surface area contributed by atoms with Gasteiger partial charge in [-0.25, -0.2) is 0 Å². The van der Waals surface area contributed by atoms with Crippen molar-refractivity contribution in [1.82, 2.24) is 0 Å². The van der Waals surface area contributed by atoms with E-state index in [-0.39, 0.29) is 0 Å². The minimum absolute atomic E-state index is 0.341. The number of rotatable bonds is 3. The molecule has 64 valence electrons. The highest BCUT2D eigenvalue weighted by Gasteiger charge is 2.01. The first kappa shape index (κ1) is 9.20. The average Bonchev–Trinajstić information content (AvgIpc) is 2.09. The maximum absolute atomic E-state index is 9.40. The first-order valence-corrected chi connectivity index (χ1v) is 4.43. The number of phenolic OH excluding ortho intramolecular Hbond substituents is 1. The molecular weight excluding hydrogens is 168 g/mol. The zero-order valence-corrected chi connectivity index (χ0v) is 7.90. The smallest absolute Gasteiger partial charge is 0.119 e. The molecule has 0 amide bonds. The van der Waals surface area contributed by atoms with Crippen molar-refractivity contribution in [2.45, 2.75) is 19.8 Å². The largest absolute Gasteiger partial charge is 0.508 e. The van der Waals surface area contributed by atoms with Crippen LogP contribution in [0.4, 0.5) is 0 Å². The fourth-order valence-corrected chi connectivity index (χ4v) is 1.15. The molecule has 0 saturated carbocycles. The van der Waals surface area contributed by atoms with E-state index in [4.69, 9.17) is 12.2 Å². The van der Waals surface area contributed by atoms with Crippen LogP contribution in [0, 0.1) is 0 Å². The van der Waals surface area contributed by atoms with Crippen LogP contribution in [0.5, 0.6) is 5.75 Å². The Hall–Kier alpha value is -0.890. The second kappa shape index (κ2) is 4.21. The first-order valence-electron chi connectivity index (χ1n) is 4.02. The highest BCUT2D eigenvalue weighted by atomic mass is 32.1. The van der Waals surface area contributed by atoms with Gasteiger partial charge in [-0.05, 0) is 22.9 Å². The predicted octanol–water partition coefficient (Wildman–Crippen LogP) is 2.71. The van der Waals surface area contributed by atoms with Crippen molar-refractivity contribution in [3.63, 3.8) is 0 Å². The van der Waals surface area contributed by atoms with Crippen molar-refractivity contribution < 1.29 is 5.11 Å². The third-order valence-electron chi connectivity index (χ3n) is 1.77. The van der Waals surface area contributed by atoms with Gasteiger partial charge >= 0.3 is 0 Å². The molecule has 1 aromatic rings. The lowest BCUT2D eigenvalue weighted by atomic mass is 10.1. The van der Waals surface area contributed by atoms with E-state index < -0.39 is 0 Å². The van der Waals surface area contributed by atoms with E-state index >= 15 is 0 Å². The molecule has 0 aliphatic carbocycles. The van der Waals surface area contributed by atoms with E-state index in [0.29, 0.717) is 12.2 Å². The molecule has 0 heterocycles. The number of benzene rings is 1. The summed E-state index contributed by atoms with van der Waals surface area (Å²) in [5.41, 5.74) is 0.921. The van der Waals surface area contributed by atoms with Crippen molar-refractivity contribution in [3.8, 4) is 5.75 Å². The van der Waals surface area contributed by atoms with Crippen LogP contribution in [0.3, 0.4) is 0 Å². The molecule has 0 aromatic heterocycles. The summed E-state index contributed by atoms with van der Waals surface area (Å²) in [6.45, 7) is 2.03. The molecule has 1 N–H and O–H groups in total. The molecule has 2 heteroatoms. The van der Waals surface area contributed by atoms with Crippen LogP contribution in [-0.2, 0) is 6.42 Å². The fraction of sp³-hybridized carbons (Fsp3) is 0.300. The SMILES string of the molecule is CCC(=S)Cc1ccccc1O. The second-order valence-electron chi connectivity index (χ2n) is 2.70. The third-order valence-corrected chi connectivity index (χ3v) is 2.21. The molecule has 0 fully saturated rings. The zero-order valence-electron chi connectivity index (χ0n) is 7.08. The van der Waals surface area contributed by atoms with Gasteiger partial charge in [0.2, 0.25) is 0 Å². The summed E-state index contributed by atoms with van der Waals surface area (Å²) < 4.78 is 0. The number of thiocarbonyl (C=S) groups is 1. The highest BCUT2D eigenvalue weighted by molar-refractivity contribution is 7.80. The molecule has 0 saturated heterocycles. The Morgan fingerprint density at radius 1 is 1.42 bits per heavy atom. The summed E-state index contributed by atoms with van der Waals surface area (Å²) >= 11 is 5.09. The maximum atomic E-state index is 9.40. The minimum Gasteiger partial charge on any atom is -0.508 e. The molecule has 0 aliphatic rings. The van der Waals surface area contributed by atoms with E-state index in [1.807, 2.05) is 25.1 Å². The van der Waals surface area contributed by atoms with Gasteiger partial charge in [0.05, 0.1) is 0 Å². The maximum Gasteiger partial charge on any atom is 0.119 e. The van der Waals surface area contributed by atoms with Gasteiger partial charge < -0.3 is 5.11 Å². The van der Waals surface area contributed by atoms with Crippen molar-refractivity contribution >= 4 is 17.1 Å². The standard InChI is InChI=1S/C10H12OS/c1-2-9(12)7-8-5-3-4-6-10(8)11/h3-6,11H,2,7H2,1H3. The average molecular weight is 180 g/mol. The van der Waals surface area contributed by atoms with Gasteiger partial charge in [0.15, 0.2) is 0 Å². The summed E-state index contributed by atoms with van der Waals surface area (Å²) in [5, 5.41) is 9.40. The van der Waals surface area contributed by atoms with Crippen molar-refractivity contribution in [2.24, 2.45) is 0 Å². The Labute approximate surface area is 78.0 Å². The van der Waals surface area contributed by atoms with E-state index in [2.05, 4.69) is 0 Å². The van der Waals surface area contributed by atoms with E-state index in [1.165, 1.54) is 0 Å². The Kier molecular flexibility index (Phi) is 3.23. The molecule has 0 atom stereocenters. The van der Waals surface area contributed by atoms with Gasteiger partial charge in [-0.2, -0.15) is 0 Å². The lowest BCUT2D eigenvalue weighted by Gasteiger charge is -2.02. The van der Waals surface area contributed by atoms with Crippen LogP contribution >= 0.6 is 12.2 Å². The van der Waals surface area contributed by atoms with Crippen molar-refractivity contribution in [2.75, 3.05) is 0 Å². The molecule has 0 bridgehead atoms. The van der Waals surface area contributed by atoms with Gasteiger partial charge in [0, 0.05) is 6.42 Å². The summed E-state index contributed by atoms with van der Waals surface area (Å²) in [4.78, 5) is 0.983.